The monoisotopic (exact) mass is 446 g/mol. The standard InChI is InChI=1S/C30H22O4/c31-27-13-5-1-9-19(27)23-17-25(21-11-3-7-15-29(21)33)26(22-12-4-8-16-30(22)34)18-24(23)20-10-2-6-14-28(20)32/h1-18,31-34H. The maximum Gasteiger partial charge on any atom is 0.123 e. The number of hydrogen-bond acceptors (Lipinski definition) is 4. The molecule has 0 radical (unpaired) electrons. The molecule has 166 valence electrons. The number of rotatable bonds is 4. The minimum Gasteiger partial charge on any atom is -0.507 e. The Morgan fingerprint density at radius 2 is 0.471 bits per heavy atom. The summed E-state index contributed by atoms with van der Waals surface area (Å²) in [7, 11) is 0. The number of aromatic hydroxyl groups is 4. The Morgan fingerprint density at radius 1 is 0.265 bits per heavy atom. The predicted octanol–water partition coefficient (Wildman–Crippen LogP) is 7.18. The van der Waals surface area contributed by atoms with Crippen molar-refractivity contribution in [3.8, 4) is 67.5 Å². The molecule has 0 unspecified atom stereocenters. The number of benzene rings is 5. The van der Waals surface area contributed by atoms with Gasteiger partial charge < -0.3 is 20.4 Å². The first-order valence-corrected chi connectivity index (χ1v) is 10.9. The Labute approximate surface area is 197 Å². The molecule has 0 saturated carbocycles. The molecule has 0 spiro atoms. The van der Waals surface area contributed by atoms with Gasteiger partial charge in [-0.05, 0) is 58.7 Å². The van der Waals surface area contributed by atoms with Crippen molar-refractivity contribution in [3.63, 3.8) is 0 Å². The molecule has 4 nitrogen and oxygen atoms in total. The van der Waals surface area contributed by atoms with Crippen LogP contribution >= 0.6 is 0 Å². The summed E-state index contributed by atoms with van der Waals surface area (Å²) >= 11 is 0. The summed E-state index contributed by atoms with van der Waals surface area (Å²) in [5, 5.41) is 42.8. The molecule has 0 fully saturated rings. The molecule has 5 aromatic rings. The van der Waals surface area contributed by atoms with Gasteiger partial charge in [0.15, 0.2) is 0 Å². The Morgan fingerprint density at radius 3 is 0.676 bits per heavy atom. The average molecular weight is 447 g/mol. The van der Waals surface area contributed by atoms with Crippen LogP contribution in [0.5, 0.6) is 23.0 Å². The van der Waals surface area contributed by atoms with Gasteiger partial charge in [0.25, 0.3) is 0 Å². The first-order chi connectivity index (χ1) is 16.5. The lowest BCUT2D eigenvalue weighted by atomic mass is 9.85. The van der Waals surface area contributed by atoms with E-state index in [0.717, 1.165) is 0 Å². The maximum absolute atomic E-state index is 10.7. The molecule has 5 rings (SSSR count). The van der Waals surface area contributed by atoms with Gasteiger partial charge in [0, 0.05) is 22.3 Å². The van der Waals surface area contributed by atoms with Gasteiger partial charge in [0.1, 0.15) is 23.0 Å². The van der Waals surface area contributed by atoms with Crippen LogP contribution in [0.2, 0.25) is 0 Å². The number of phenolic OH excluding ortho intramolecular Hbond substituents is 4. The molecule has 0 bridgehead atoms. The average Bonchev–Trinajstić information content (AvgIpc) is 2.85. The van der Waals surface area contributed by atoms with Crippen molar-refractivity contribution >= 4 is 0 Å². The molecule has 5 aromatic carbocycles. The van der Waals surface area contributed by atoms with Gasteiger partial charge in [-0.3, -0.25) is 0 Å². The Hall–Kier alpha value is -4.70. The third kappa shape index (κ3) is 3.71. The van der Waals surface area contributed by atoms with Crippen LogP contribution in [0.1, 0.15) is 0 Å². The molecular weight excluding hydrogens is 424 g/mol. The maximum atomic E-state index is 10.7. The van der Waals surface area contributed by atoms with Crippen LogP contribution < -0.4 is 0 Å². The molecule has 0 atom stereocenters. The van der Waals surface area contributed by atoms with E-state index in [1.54, 1.807) is 48.5 Å². The highest BCUT2D eigenvalue weighted by atomic mass is 16.3. The van der Waals surface area contributed by atoms with Crippen LogP contribution in [-0.4, -0.2) is 20.4 Å². The lowest BCUT2D eigenvalue weighted by molar-refractivity contribution is 0.475. The van der Waals surface area contributed by atoms with Crippen molar-refractivity contribution < 1.29 is 20.4 Å². The van der Waals surface area contributed by atoms with E-state index >= 15 is 0 Å². The summed E-state index contributed by atoms with van der Waals surface area (Å²) < 4.78 is 0. The molecule has 0 saturated heterocycles. The third-order valence-electron chi connectivity index (χ3n) is 5.93. The number of phenols is 4. The van der Waals surface area contributed by atoms with Crippen LogP contribution in [0.3, 0.4) is 0 Å². The Kier molecular flexibility index (Phi) is 5.40. The molecule has 0 aliphatic rings. The van der Waals surface area contributed by atoms with Gasteiger partial charge in [-0.25, -0.2) is 0 Å². The van der Waals surface area contributed by atoms with Crippen LogP contribution in [0, 0.1) is 0 Å². The predicted molar refractivity (Wildman–Crippen MR) is 135 cm³/mol. The van der Waals surface area contributed by atoms with E-state index in [1.165, 1.54) is 0 Å². The van der Waals surface area contributed by atoms with Crippen molar-refractivity contribution in [1.29, 1.82) is 0 Å². The second kappa shape index (κ2) is 8.68. The highest BCUT2D eigenvalue weighted by Gasteiger charge is 2.21. The van der Waals surface area contributed by atoms with E-state index in [1.807, 2.05) is 60.7 Å². The normalized spacial score (nSPS) is 10.8. The van der Waals surface area contributed by atoms with Crippen LogP contribution in [0.25, 0.3) is 44.5 Å². The molecule has 0 heterocycles. The summed E-state index contributed by atoms with van der Waals surface area (Å²) in [5.41, 5.74) is 5.05. The number of para-hydroxylation sites is 4. The van der Waals surface area contributed by atoms with Crippen molar-refractivity contribution in [3.05, 3.63) is 109 Å². The van der Waals surface area contributed by atoms with E-state index < -0.39 is 0 Å². The fraction of sp³-hybridized carbons (Fsp3) is 0. The Balaban J connectivity index is 1.93. The molecule has 34 heavy (non-hydrogen) atoms. The fourth-order valence-corrected chi connectivity index (χ4v) is 4.30. The molecule has 0 amide bonds. The van der Waals surface area contributed by atoms with Crippen molar-refractivity contribution in [2.24, 2.45) is 0 Å². The highest BCUT2D eigenvalue weighted by Crippen LogP contribution is 2.48. The second-order valence-corrected chi connectivity index (χ2v) is 8.01. The van der Waals surface area contributed by atoms with Gasteiger partial charge in [0.05, 0.1) is 0 Å². The van der Waals surface area contributed by atoms with Crippen LogP contribution in [-0.2, 0) is 0 Å². The van der Waals surface area contributed by atoms with E-state index in [4.69, 9.17) is 0 Å². The van der Waals surface area contributed by atoms with Crippen molar-refractivity contribution in [2.75, 3.05) is 0 Å². The summed E-state index contributed by atoms with van der Waals surface area (Å²) in [6, 6.07) is 31.8. The van der Waals surface area contributed by atoms with E-state index in [-0.39, 0.29) is 23.0 Å². The highest BCUT2D eigenvalue weighted by molar-refractivity contribution is 5.98. The van der Waals surface area contributed by atoms with E-state index in [0.29, 0.717) is 44.5 Å². The van der Waals surface area contributed by atoms with Crippen molar-refractivity contribution in [2.45, 2.75) is 0 Å². The first kappa shape index (κ1) is 21.2. The fourth-order valence-electron chi connectivity index (χ4n) is 4.30. The molecule has 0 aliphatic carbocycles. The van der Waals surface area contributed by atoms with Crippen molar-refractivity contribution in [1.82, 2.24) is 0 Å². The van der Waals surface area contributed by atoms with Gasteiger partial charge in [-0.15, -0.1) is 0 Å². The summed E-state index contributed by atoms with van der Waals surface area (Å²) in [6.07, 6.45) is 0. The zero-order valence-corrected chi connectivity index (χ0v) is 18.2. The molecule has 4 heteroatoms. The topological polar surface area (TPSA) is 80.9 Å². The van der Waals surface area contributed by atoms with E-state index in [2.05, 4.69) is 0 Å². The smallest absolute Gasteiger partial charge is 0.123 e. The quantitative estimate of drug-likeness (QED) is 0.236. The van der Waals surface area contributed by atoms with Gasteiger partial charge >= 0.3 is 0 Å². The SMILES string of the molecule is Oc1ccccc1-c1cc(-c2ccccc2O)c(-c2ccccc2O)cc1-c1ccccc1O. The molecule has 0 aliphatic heterocycles. The van der Waals surface area contributed by atoms with Gasteiger partial charge in [-0.1, -0.05) is 72.8 Å². The zero-order valence-electron chi connectivity index (χ0n) is 18.2. The van der Waals surface area contributed by atoms with Crippen LogP contribution in [0.15, 0.2) is 109 Å². The molecular formula is C30H22O4. The summed E-state index contributed by atoms with van der Waals surface area (Å²) in [6.45, 7) is 0. The minimum absolute atomic E-state index is 0.0951. The molecule has 0 aromatic heterocycles. The van der Waals surface area contributed by atoms with E-state index in [9.17, 15) is 20.4 Å². The summed E-state index contributed by atoms with van der Waals surface area (Å²) in [5.74, 6) is 0.380. The minimum atomic E-state index is 0.0951. The van der Waals surface area contributed by atoms with Crippen LogP contribution in [0.4, 0.5) is 0 Å². The molecule has 4 N–H and O–H groups in total. The lowest BCUT2D eigenvalue weighted by Gasteiger charge is -2.20. The largest absolute Gasteiger partial charge is 0.507 e. The lowest BCUT2D eigenvalue weighted by Crippen LogP contribution is -1.93. The summed E-state index contributed by atoms with van der Waals surface area (Å²) in [4.78, 5) is 0. The first-order valence-electron chi connectivity index (χ1n) is 10.9. The zero-order chi connectivity index (χ0) is 23.7. The third-order valence-corrected chi connectivity index (χ3v) is 5.93. The van der Waals surface area contributed by atoms with Gasteiger partial charge in [0.2, 0.25) is 0 Å². The van der Waals surface area contributed by atoms with Gasteiger partial charge in [-0.2, -0.15) is 0 Å². The number of hydrogen-bond donors (Lipinski definition) is 4. The second-order valence-electron chi connectivity index (χ2n) is 8.01. The Bertz CT molecular complexity index is 1280.